The van der Waals surface area contributed by atoms with Crippen LogP contribution in [-0.2, 0) is 4.79 Å². The Balaban J connectivity index is 1.76. The van der Waals surface area contributed by atoms with E-state index in [9.17, 15) is 4.79 Å². The molecule has 6 heteroatoms. The average Bonchev–Trinajstić information content (AvgIpc) is 2.81. The van der Waals surface area contributed by atoms with Crippen molar-refractivity contribution in [2.75, 3.05) is 18.0 Å². The lowest BCUT2D eigenvalue weighted by molar-refractivity contribution is -0.118. The van der Waals surface area contributed by atoms with Crippen LogP contribution >= 0.6 is 23.1 Å². The highest BCUT2D eigenvalue weighted by Gasteiger charge is 2.10. The van der Waals surface area contributed by atoms with Crippen LogP contribution in [0.15, 0.2) is 34.5 Å². The summed E-state index contributed by atoms with van der Waals surface area (Å²) in [5.41, 5.74) is 7.77. The Bertz CT molecular complexity index is 598. The molecule has 1 aromatic heterocycles. The minimum absolute atomic E-state index is 0.0363. The molecule has 2 aromatic rings. The van der Waals surface area contributed by atoms with E-state index in [2.05, 4.69) is 29.4 Å². The lowest BCUT2D eigenvalue weighted by Gasteiger charge is -2.12. The van der Waals surface area contributed by atoms with E-state index in [1.165, 1.54) is 28.7 Å². The van der Waals surface area contributed by atoms with Crippen LogP contribution < -0.4 is 11.1 Å². The van der Waals surface area contributed by atoms with Gasteiger partial charge in [-0.2, -0.15) is 0 Å². The number of aryl methyl sites for hydroxylation is 1. The highest BCUT2D eigenvalue weighted by molar-refractivity contribution is 8.01. The Hall–Kier alpha value is -1.53. The Morgan fingerprint density at radius 2 is 2.14 bits per heavy atom. The van der Waals surface area contributed by atoms with Crippen LogP contribution in [-0.4, -0.2) is 23.2 Å². The van der Waals surface area contributed by atoms with Gasteiger partial charge >= 0.3 is 0 Å². The first-order valence-electron chi connectivity index (χ1n) is 6.73. The van der Waals surface area contributed by atoms with Crippen LogP contribution in [0.5, 0.6) is 0 Å². The van der Waals surface area contributed by atoms with E-state index >= 15 is 0 Å². The fraction of sp³-hybridized carbons (Fsp3) is 0.333. The van der Waals surface area contributed by atoms with Gasteiger partial charge in [-0.3, -0.25) is 4.79 Å². The van der Waals surface area contributed by atoms with Crippen molar-refractivity contribution in [2.24, 2.45) is 0 Å². The number of carbonyl (C=O) groups is 1. The molecule has 0 aliphatic heterocycles. The zero-order valence-corrected chi connectivity index (χ0v) is 13.8. The third-order valence-electron chi connectivity index (χ3n) is 3.08. The van der Waals surface area contributed by atoms with Crippen LogP contribution in [0.25, 0.3) is 0 Å². The van der Waals surface area contributed by atoms with Crippen LogP contribution in [0.2, 0.25) is 0 Å². The molecule has 1 unspecified atom stereocenters. The zero-order chi connectivity index (χ0) is 15.2. The number of nitrogens with zero attached hydrogens (tertiary/aromatic N) is 1. The lowest BCUT2D eigenvalue weighted by atomic mass is 10.0. The van der Waals surface area contributed by atoms with Gasteiger partial charge in [-0.05, 0) is 18.4 Å². The molecule has 1 aromatic carbocycles. The zero-order valence-electron chi connectivity index (χ0n) is 12.1. The summed E-state index contributed by atoms with van der Waals surface area (Å²) in [5.74, 6) is 0.736. The molecule has 1 amide bonds. The number of nitrogen functional groups attached to an aromatic ring is 1. The average molecular weight is 321 g/mol. The molecule has 2 rings (SSSR count). The number of nitrogens with one attached hydrogen (secondary N) is 1. The number of nitrogens with two attached hydrogens (primary N) is 1. The third-order valence-corrected chi connectivity index (χ3v) is 5.43. The first kappa shape index (κ1) is 15.9. The fourth-order valence-electron chi connectivity index (χ4n) is 1.88. The molecule has 1 heterocycles. The molecule has 0 aliphatic carbocycles. The molecule has 0 fully saturated rings. The molecule has 0 aliphatic rings. The molecule has 0 bridgehead atoms. The molecule has 0 radical (unpaired) electrons. The van der Waals surface area contributed by atoms with Crippen molar-refractivity contribution in [2.45, 2.75) is 24.0 Å². The Morgan fingerprint density at radius 1 is 1.43 bits per heavy atom. The van der Waals surface area contributed by atoms with Crippen molar-refractivity contribution < 1.29 is 4.79 Å². The summed E-state index contributed by atoms with van der Waals surface area (Å²) < 4.78 is 1.01. The number of amides is 1. The van der Waals surface area contributed by atoms with Gasteiger partial charge in [-0.15, -0.1) is 11.8 Å². The minimum atomic E-state index is 0.0363. The van der Waals surface area contributed by atoms with Gasteiger partial charge in [0.25, 0.3) is 0 Å². The Morgan fingerprint density at radius 3 is 2.76 bits per heavy atom. The normalized spacial score (nSPS) is 12.1. The number of rotatable bonds is 6. The maximum Gasteiger partial charge on any atom is 0.230 e. The van der Waals surface area contributed by atoms with Crippen molar-refractivity contribution in [3.8, 4) is 0 Å². The molecule has 0 saturated heterocycles. The minimum Gasteiger partial charge on any atom is -0.375 e. The van der Waals surface area contributed by atoms with E-state index in [4.69, 9.17) is 5.73 Å². The van der Waals surface area contributed by atoms with Crippen molar-refractivity contribution in [1.82, 2.24) is 10.3 Å². The quantitative estimate of drug-likeness (QED) is 0.803. The van der Waals surface area contributed by atoms with E-state index in [1.54, 1.807) is 0 Å². The molecular formula is C15H19N3OS2. The summed E-state index contributed by atoms with van der Waals surface area (Å²) >= 11 is 2.91. The maximum absolute atomic E-state index is 11.9. The van der Waals surface area contributed by atoms with Crippen LogP contribution in [0, 0.1) is 6.92 Å². The van der Waals surface area contributed by atoms with Gasteiger partial charge in [0.2, 0.25) is 5.91 Å². The largest absolute Gasteiger partial charge is 0.375 e. The van der Waals surface area contributed by atoms with E-state index in [0.717, 1.165) is 9.90 Å². The topological polar surface area (TPSA) is 68.0 Å². The smallest absolute Gasteiger partial charge is 0.230 e. The molecule has 4 nitrogen and oxygen atoms in total. The van der Waals surface area contributed by atoms with Crippen LogP contribution in [0.4, 0.5) is 5.13 Å². The molecule has 21 heavy (non-hydrogen) atoms. The molecule has 0 spiro atoms. The van der Waals surface area contributed by atoms with Crippen molar-refractivity contribution in [3.05, 3.63) is 41.6 Å². The number of benzene rings is 1. The van der Waals surface area contributed by atoms with E-state index in [-0.39, 0.29) is 5.91 Å². The second-order valence-corrected chi connectivity index (χ2v) is 7.10. The highest BCUT2D eigenvalue weighted by Crippen LogP contribution is 2.30. The number of anilines is 1. The number of hydrogen-bond acceptors (Lipinski definition) is 5. The molecule has 0 saturated carbocycles. The number of carbonyl (C=O) groups excluding carboxylic acids is 1. The van der Waals surface area contributed by atoms with Gasteiger partial charge in [0.15, 0.2) is 5.13 Å². The van der Waals surface area contributed by atoms with Crippen LogP contribution in [0.1, 0.15) is 24.1 Å². The van der Waals surface area contributed by atoms with Gasteiger partial charge in [0.05, 0.1) is 15.7 Å². The molecular weight excluding hydrogens is 302 g/mol. The van der Waals surface area contributed by atoms with Crippen molar-refractivity contribution in [1.29, 1.82) is 0 Å². The monoisotopic (exact) mass is 321 g/mol. The van der Waals surface area contributed by atoms with Gasteiger partial charge in [-0.25, -0.2) is 4.98 Å². The summed E-state index contributed by atoms with van der Waals surface area (Å²) in [4.78, 5) is 16.0. The first-order valence-corrected chi connectivity index (χ1v) is 8.54. The van der Waals surface area contributed by atoms with E-state index in [1.807, 2.05) is 25.1 Å². The summed E-state index contributed by atoms with van der Waals surface area (Å²) in [6.07, 6.45) is 0. The third kappa shape index (κ3) is 4.75. The SMILES string of the molecule is Cc1nc(N)sc1SCC(=O)NCC(C)c1ccccc1. The predicted molar refractivity (Wildman–Crippen MR) is 89.9 cm³/mol. The number of hydrogen-bond donors (Lipinski definition) is 2. The second kappa shape index (κ2) is 7.47. The summed E-state index contributed by atoms with van der Waals surface area (Å²) in [5, 5.41) is 3.52. The number of thiazole rings is 1. The summed E-state index contributed by atoms with van der Waals surface area (Å²) in [6.45, 7) is 4.66. The van der Waals surface area contributed by atoms with E-state index in [0.29, 0.717) is 23.3 Å². The molecule has 3 N–H and O–H groups in total. The second-order valence-electron chi connectivity index (χ2n) is 4.83. The number of aromatic nitrogens is 1. The Labute approximate surface area is 133 Å². The lowest BCUT2D eigenvalue weighted by Crippen LogP contribution is -2.28. The van der Waals surface area contributed by atoms with Crippen molar-refractivity contribution >= 4 is 34.1 Å². The number of thioether (sulfide) groups is 1. The fourth-order valence-corrected chi connectivity index (χ4v) is 3.74. The maximum atomic E-state index is 11.9. The van der Waals surface area contributed by atoms with Gasteiger partial charge in [0, 0.05) is 6.54 Å². The predicted octanol–water partition coefficient (Wildman–Crippen LogP) is 3.05. The van der Waals surface area contributed by atoms with Gasteiger partial charge < -0.3 is 11.1 Å². The molecule has 112 valence electrons. The highest BCUT2D eigenvalue weighted by atomic mass is 32.2. The Kier molecular flexibility index (Phi) is 5.64. The van der Waals surface area contributed by atoms with Crippen molar-refractivity contribution in [3.63, 3.8) is 0 Å². The van der Waals surface area contributed by atoms with Gasteiger partial charge in [0.1, 0.15) is 0 Å². The van der Waals surface area contributed by atoms with Gasteiger partial charge in [-0.1, -0.05) is 48.6 Å². The molecule has 1 atom stereocenters. The first-order chi connectivity index (χ1) is 10.1. The van der Waals surface area contributed by atoms with E-state index < -0.39 is 0 Å². The van der Waals surface area contributed by atoms with Crippen LogP contribution in [0.3, 0.4) is 0 Å². The summed E-state index contributed by atoms with van der Waals surface area (Å²) in [7, 11) is 0. The standard InChI is InChI=1S/C15H19N3OS2/c1-10(12-6-4-3-5-7-12)8-17-13(19)9-20-14-11(2)18-15(16)21-14/h3-7,10H,8-9H2,1-2H3,(H2,16,18)(H,17,19). The summed E-state index contributed by atoms with van der Waals surface area (Å²) in [6, 6.07) is 10.2.